The number of carboxylic acids is 1. The predicted molar refractivity (Wildman–Crippen MR) is 79.5 cm³/mol. The number of nitrogens with one attached hydrogen (secondary N) is 2. The van der Waals surface area contributed by atoms with Crippen LogP contribution in [-0.4, -0.2) is 37.4 Å². The van der Waals surface area contributed by atoms with Crippen LogP contribution in [0.3, 0.4) is 0 Å². The maximum Gasteiger partial charge on any atom is 0.331 e. The first-order valence-electron chi connectivity index (χ1n) is 6.56. The minimum absolute atomic E-state index is 0.297. The van der Waals surface area contributed by atoms with E-state index in [1.54, 1.807) is 31.4 Å². The smallest absolute Gasteiger partial charge is 0.331 e. The summed E-state index contributed by atoms with van der Waals surface area (Å²) in [6, 6.07) is 4.79. The Balaban J connectivity index is 2.54. The molecule has 0 fully saturated rings. The summed E-state index contributed by atoms with van der Waals surface area (Å²) in [5.41, 5.74) is 0.348. The molecule has 0 spiro atoms. The maximum atomic E-state index is 11.7. The Morgan fingerprint density at radius 1 is 1.33 bits per heavy atom. The standard InChI is InChI=1S/C14H19ClN2O4/c1-21-9-5-4-8-16-14(20)17-12(13(18)19)10-6-2-3-7-11(10)15/h2-3,6-7,12H,4-5,8-9H2,1H3,(H,18,19)(H2,16,17,20)/t12-/m1/s1. The summed E-state index contributed by atoms with van der Waals surface area (Å²) in [7, 11) is 1.61. The van der Waals surface area contributed by atoms with Gasteiger partial charge in [0, 0.05) is 30.8 Å². The minimum Gasteiger partial charge on any atom is -0.479 e. The number of halogens is 1. The van der Waals surface area contributed by atoms with Gasteiger partial charge in [-0.15, -0.1) is 0 Å². The molecular formula is C14H19ClN2O4. The van der Waals surface area contributed by atoms with Crippen molar-refractivity contribution >= 4 is 23.6 Å². The number of amides is 2. The van der Waals surface area contributed by atoms with Gasteiger partial charge >= 0.3 is 12.0 Å². The van der Waals surface area contributed by atoms with E-state index in [0.29, 0.717) is 23.7 Å². The van der Waals surface area contributed by atoms with Crippen molar-refractivity contribution in [3.05, 3.63) is 34.9 Å². The number of benzene rings is 1. The molecule has 0 unspecified atom stereocenters. The second-order valence-corrected chi connectivity index (χ2v) is 4.80. The van der Waals surface area contributed by atoms with Crippen molar-refractivity contribution in [3.8, 4) is 0 Å². The van der Waals surface area contributed by atoms with E-state index in [2.05, 4.69) is 10.6 Å². The van der Waals surface area contributed by atoms with Gasteiger partial charge in [-0.25, -0.2) is 9.59 Å². The Kier molecular flexibility index (Phi) is 7.56. The molecule has 0 heterocycles. The number of carbonyl (C=O) groups excluding carboxylic acids is 1. The second kappa shape index (κ2) is 9.20. The highest BCUT2D eigenvalue weighted by Gasteiger charge is 2.23. The van der Waals surface area contributed by atoms with E-state index in [-0.39, 0.29) is 0 Å². The summed E-state index contributed by atoms with van der Waals surface area (Å²) in [6.45, 7) is 1.07. The first-order chi connectivity index (χ1) is 10.1. The molecule has 1 atom stereocenters. The molecule has 7 heteroatoms. The summed E-state index contributed by atoms with van der Waals surface area (Å²) in [5.74, 6) is -1.17. The van der Waals surface area contributed by atoms with E-state index in [0.717, 1.165) is 12.8 Å². The van der Waals surface area contributed by atoms with Crippen molar-refractivity contribution in [3.63, 3.8) is 0 Å². The third-order valence-electron chi connectivity index (χ3n) is 2.80. The third-order valence-corrected chi connectivity index (χ3v) is 3.14. The maximum absolute atomic E-state index is 11.7. The van der Waals surface area contributed by atoms with Crippen molar-refractivity contribution < 1.29 is 19.4 Å². The Morgan fingerprint density at radius 2 is 2.05 bits per heavy atom. The molecule has 0 aliphatic rings. The van der Waals surface area contributed by atoms with Crippen LogP contribution in [-0.2, 0) is 9.53 Å². The van der Waals surface area contributed by atoms with Crippen LogP contribution >= 0.6 is 11.6 Å². The number of carboxylic acid groups (broad SMARTS) is 1. The first kappa shape index (κ1) is 17.3. The van der Waals surface area contributed by atoms with E-state index < -0.39 is 18.0 Å². The normalized spacial score (nSPS) is 11.7. The SMILES string of the molecule is COCCCCNC(=O)N[C@@H](C(=O)O)c1ccccc1Cl. The van der Waals surface area contributed by atoms with Crippen molar-refractivity contribution in [2.75, 3.05) is 20.3 Å². The average Bonchev–Trinajstić information content (AvgIpc) is 2.45. The van der Waals surface area contributed by atoms with Gasteiger partial charge in [-0.3, -0.25) is 0 Å². The van der Waals surface area contributed by atoms with E-state index in [4.69, 9.17) is 16.3 Å². The number of hydrogen-bond acceptors (Lipinski definition) is 3. The predicted octanol–water partition coefficient (Wildman–Crippen LogP) is 2.19. The zero-order chi connectivity index (χ0) is 15.7. The van der Waals surface area contributed by atoms with Gasteiger partial charge in [0.15, 0.2) is 6.04 Å². The molecular weight excluding hydrogens is 296 g/mol. The quantitative estimate of drug-likeness (QED) is 0.642. The molecule has 0 aromatic heterocycles. The fourth-order valence-electron chi connectivity index (χ4n) is 1.74. The van der Waals surface area contributed by atoms with Crippen LogP contribution in [0.5, 0.6) is 0 Å². The molecule has 1 aromatic rings. The Labute approximate surface area is 128 Å². The van der Waals surface area contributed by atoms with Gasteiger partial charge in [0.25, 0.3) is 0 Å². The highest BCUT2D eigenvalue weighted by molar-refractivity contribution is 6.31. The number of methoxy groups -OCH3 is 1. The Hall–Kier alpha value is -1.79. The molecule has 1 rings (SSSR count). The third kappa shape index (κ3) is 6.01. The van der Waals surface area contributed by atoms with E-state index in [1.165, 1.54) is 0 Å². The van der Waals surface area contributed by atoms with Crippen LogP contribution in [0.25, 0.3) is 0 Å². The topological polar surface area (TPSA) is 87.7 Å². The summed E-state index contributed by atoms with van der Waals surface area (Å²) < 4.78 is 4.90. The highest BCUT2D eigenvalue weighted by Crippen LogP contribution is 2.22. The fraction of sp³-hybridized carbons (Fsp3) is 0.429. The number of hydrogen-bond donors (Lipinski definition) is 3. The van der Waals surface area contributed by atoms with Crippen molar-refractivity contribution in [2.24, 2.45) is 0 Å². The van der Waals surface area contributed by atoms with E-state index >= 15 is 0 Å². The van der Waals surface area contributed by atoms with Gasteiger partial charge in [-0.1, -0.05) is 29.8 Å². The second-order valence-electron chi connectivity index (χ2n) is 4.39. The zero-order valence-corrected chi connectivity index (χ0v) is 12.5. The minimum atomic E-state index is -1.18. The first-order valence-corrected chi connectivity index (χ1v) is 6.94. The summed E-state index contributed by atoms with van der Waals surface area (Å²) in [5, 5.41) is 14.5. The fourth-order valence-corrected chi connectivity index (χ4v) is 1.98. The lowest BCUT2D eigenvalue weighted by molar-refractivity contribution is -0.139. The van der Waals surface area contributed by atoms with E-state index in [9.17, 15) is 14.7 Å². The molecule has 21 heavy (non-hydrogen) atoms. The molecule has 0 saturated carbocycles. The number of unbranched alkanes of at least 4 members (excludes halogenated alkanes) is 1. The number of rotatable bonds is 8. The summed E-state index contributed by atoms with van der Waals surface area (Å²) in [4.78, 5) is 23.0. The van der Waals surface area contributed by atoms with Crippen LogP contribution in [0, 0.1) is 0 Å². The average molecular weight is 315 g/mol. The van der Waals surface area contributed by atoms with Gasteiger partial charge < -0.3 is 20.5 Å². The molecule has 0 aliphatic heterocycles. The van der Waals surface area contributed by atoms with Gasteiger partial charge in [-0.2, -0.15) is 0 Å². The molecule has 0 aliphatic carbocycles. The number of urea groups is 1. The van der Waals surface area contributed by atoms with Crippen LogP contribution in [0.15, 0.2) is 24.3 Å². The van der Waals surface area contributed by atoms with Crippen LogP contribution in [0.1, 0.15) is 24.4 Å². The molecule has 2 amide bonds. The van der Waals surface area contributed by atoms with Crippen molar-refractivity contribution in [1.82, 2.24) is 10.6 Å². The lowest BCUT2D eigenvalue weighted by Gasteiger charge is -2.16. The zero-order valence-electron chi connectivity index (χ0n) is 11.8. The van der Waals surface area contributed by atoms with Crippen molar-refractivity contribution in [2.45, 2.75) is 18.9 Å². The van der Waals surface area contributed by atoms with Crippen LogP contribution in [0.2, 0.25) is 5.02 Å². The highest BCUT2D eigenvalue weighted by atomic mass is 35.5. The van der Waals surface area contributed by atoms with E-state index in [1.807, 2.05) is 0 Å². The largest absolute Gasteiger partial charge is 0.479 e. The number of carbonyl (C=O) groups is 2. The Morgan fingerprint density at radius 3 is 2.67 bits per heavy atom. The monoisotopic (exact) mass is 314 g/mol. The number of ether oxygens (including phenoxy) is 1. The molecule has 0 radical (unpaired) electrons. The van der Waals surface area contributed by atoms with Crippen molar-refractivity contribution in [1.29, 1.82) is 0 Å². The molecule has 0 bridgehead atoms. The van der Waals surface area contributed by atoms with Crippen LogP contribution in [0.4, 0.5) is 4.79 Å². The van der Waals surface area contributed by atoms with Gasteiger partial charge in [0.2, 0.25) is 0 Å². The summed E-state index contributed by atoms with van der Waals surface area (Å²) >= 11 is 5.96. The van der Waals surface area contributed by atoms with Gasteiger partial charge in [0.1, 0.15) is 0 Å². The lowest BCUT2D eigenvalue weighted by Crippen LogP contribution is -2.41. The lowest BCUT2D eigenvalue weighted by atomic mass is 10.1. The van der Waals surface area contributed by atoms with Gasteiger partial charge in [-0.05, 0) is 18.9 Å². The molecule has 116 valence electrons. The van der Waals surface area contributed by atoms with Crippen LogP contribution < -0.4 is 10.6 Å². The Bertz CT molecular complexity index is 482. The number of aliphatic carboxylic acids is 1. The molecule has 1 aromatic carbocycles. The molecule has 0 saturated heterocycles. The molecule has 6 nitrogen and oxygen atoms in total. The van der Waals surface area contributed by atoms with Gasteiger partial charge in [0.05, 0.1) is 0 Å². The summed E-state index contributed by atoms with van der Waals surface area (Å²) in [6.07, 6.45) is 1.58. The molecule has 3 N–H and O–H groups in total.